The molecule has 0 spiro atoms. The molecule has 0 amide bonds. The van der Waals surface area contributed by atoms with Gasteiger partial charge in [-0.25, -0.2) is 4.98 Å². The van der Waals surface area contributed by atoms with Crippen LogP contribution < -0.4 is 15.4 Å². The number of nitrogens with one attached hydrogen (secondary N) is 2. The Kier molecular flexibility index (Phi) is 5.28. The summed E-state index contributed by atoms with van der Waals surface area (Å²) in [5, 5.41) is 7.16. The summed E-state index contributed by atoms with van der Waals surface area (Å²) in [7, 11) is 1.64. The summed E-state index contributed by atoms with van der Waals surface area (Å²) in [4.78, 5) is 9.02. The standard InChI is InChI=1S/C20H21ClN4O/c1-12-9-13(2)19(15(21)10-12)25-20-22-14(3)11-18(24-20)23-16-7-5-6-8-17(16)26-4/h5-11H,1-4H3,(H2,22,23,24,25). The smallest absolute Gasteiger partial charge is 0.229 e. The molecule has 0 saturated carbocycles. The van der Waals surface area contributed by atoms with Crippen LogP contribution in [-0.4, -0.2) is 17.1 Å². The van der Waals surface area contributed by atoms with Crippen molar-refractivity contribution in [1.29, 1.82) is 0 Å². The second-order valence-electron chi connectivity index (χ2n) is 6.11. The van der Waals surface area contributed by atoms with E-state index < -0.39 is 0 Å². The van der Waals surface area contributed by atoms with Crippen molar-refractivity contribution in [3.63, 3.8) is 0 Å². The number of benzene rings is 2. The minimum Gasteiger partial charge on any atom is -0.495 e. The van der Waals surface area contributed by atoms with Crippen molar-refractivity contribution in [1.82, 2.24) is 9.97 Å². The lowest BCUT2D eigenvalue weighted by atomic mass is 10.1. The Balaban J connectivity index is 1.91. The van der Waals surface area contributed by atoms with E-state index in [9.17, 15) is 0 Å². The molecule has 0 aliphatic carbocycles. The number of hydrogen-bond donors (Lipinski definition) is 2. The minimum absolute atomic E-state index is 0.483. The molecule has 1 heterocycles. The Bertz CT molecular complexity index is 920. The number of ether oxygens (including phenoxy) is 1. The second-order valence-corrected chi connectivity index (χ2v) is 6.51. The Morgan fingerprint density at radius 1 is 0.962 bits per heavy atom. The summed E-state index contributed by atoms with van der Waals surface area (Å²) < 4.78 is 5.38. The lowest BCUT2D eigenvalue weighted by molar-refractivity contribution is 0.417. The number of methoxy groups -OCH3 is 1. The van der Waals surface area contributed by atoms with Gasteiger partial charge in [0.25, 0.3) is 0 Å². The maximum Gasteiger partial charge on any atom is 0.229 e. The molecule has 5 nitrogen and oxygen atoms in total. The molecule has 0 fully saturated rings. The zero-order valence-corrected chi connectivity index (χ0v) is 16.0. The van der Waals surface area contributed by atoms with Crippen LogP contribution in [0.1, 0.15) is 16.8 Å². The largest absolute Gasteiger partial charge is 0.495 e. The lowest BCUT2D eigenvalue weighted by Gasteiger charge is -2.14. The first-order valence-corrected chi connectivity index (χ1v) is 8.63. The van der Waals surface area contributed by atoms with Gasteiger partial charge in [-0.3, -0.25) is 0 Å². The molecular formula is C20H21ClN4O. The van der Waals surface area contributed by atoms with Gasteiger partial charge < -0.3 is 15.4 Å². The van der Waals surface area contributed by atoms with Crippen molar-refractivity contribution in [2.24, 2.45) is 0 Å². The fraction of sp³-hybridized carbons (Fsp3) is 0.200. The van der Waals surface area contributed by atoms with Gasteiger partial charge in [-0.2, -0.15) is 4.98 Å². The fourth-order valence-electron chi connectivity index (χ4n) is 2.76. The van der Waals surface area contributed by atoms with Crippen molar-refractivity contribution in [2.75, 3.05) is 17.7 Å². The summed E-state index contributed by atoms with van der Waals surface area (Å²) in [6, 6.07) is 13.5. The quantitative estimate of drug-likeness (QED) is 0.618. The van der Waals surface area contributed by atoms with Crippen molar-refractivity contribution in [3.8, 4) is 5.75 Å². The molecule has 1 aromatic heterocycles. The van der Waals surface area contributed by atoms with E-state index in [1.807, 2.05) is 57.2 Å². The number of aromatic nitrogens is 2. The highest BCUT2D eigenvalue weighted by molar-refractivity contribution is 6.33. The molecule has 0 saturated heterocycles. The van der Waals surface area contributed by atoms with Crippen LogP contribution in [0, 0.1) is 20.8 Å². The number of nitrogens with zero attached hydrogens (tertiary/aromatic N) is 2. The first kappa shape index (κ1) is 18.0. The molecule has 0 bridgehead atoms. The lowest BCUT2D eigenvalue weighted by Crippen LogP contribution is -2.04. The Hall–Kier alpha value is -2.79. The van der Waals surface area contributed by atoms with Crippen LogP contribution >= 0.6 is 11.6 Å². The third kappa shape index (κ3) is 4.06. The normalized spacial score (nSPS) is 10.5. The van der Waals surface area contributed by atoms with Crippen molar-refractivity contribution in [2.45, 2.75) is 20.8 Å². The van der Waals surface area contributed by atoms with E-state index >= 15 is 0 Å². The number of aryl methyl sites for hydroxylation is 3. The zero-order chi connectivity index (χ0) is 18.7. The van der Waals surface area contributed by atoms with E-state index in [0.29, 0.717) is 16.8 Å². The molecule has 3 rings (SSSR count). The molecule has 0 unspecified atom stereocenters. The maximum absolute atomic E-state index is 6.38. The van der Waals surface area contributed by atoms with Crippen molar-refractivity contribution in [3.05, 3.63) is 64.3 Å². The van der Waals surface area contributed by atoms with E-state index in [-0.39, 0.29) is 0 Å². The molecule has 0 aliphatic rings. The topological polar surface area (TPSA) is 59.1 Å². The van der Waals surface area contributed by atoms with Gasteiger partial charge in [-0.1, -0.05) is 29.8 Å². The van der Waals surface area contributed by atoms with Crippen molar-refractivity contribution < 1.29 is 4.74 Å². The molecule has 6 heteroatoms. The first-order valence-electron chi connectivity index (χ1n) is 8.26. The molecular weight excluding hydrogens is 348 g/mol. The Labute approximate surface area is 158 Å². The van der Waals surface area contributed by atoms with Crippen LogP contribution in [0.4, 0.5) is 23.1 Å². The zero-order valence-electron chi connectivity index (χ0n) is 15.2. The van der Waals surface area contributed by atoms with Crippen molar-refractivity contribution >= 4 is 34.7 Å². The molecule has 0 atom stereocenters. The van der Waals surface area contributed by atoms with Crippen LogP contribution in [0.5, 0.6) is 5.75 Å². The van der Waals surface area contributed by atoms with Crippen LogP contribution in [0.15, 0.2) is 42.5 Å². The molecule has 26 heavy (non-hydrogen) atoms. The number of para-hydroxylation sites is 2. The number of halogens is 1. The van der Waals surface area contributed by atoms with Gasteiger partial charge >= 0.3 is 0 Å². The first-order chi connectivity index (χ1) is 12.5. The number of rotatable bonds is 5. The molecule has 3 aromatic rings. The average molecular weight is 369 g/mol. The minimum atomic E-state index is 0.483. The second kappa shape index (κ2) is 7.62. The van der Waals surface area contributed by atoms with Gasteiger partial charge in [-0.15, -0.1) is 0 Å². The Morgan fingerprint density at radius 2 is 1.73 bits per heavy atom. The molecule has 2 N–H and O–H groups in total. The third-order valence-corrected chi connectivity index (χ3v) is 4.19. The van der Waals surface area contributed by atoms with Gasteiger partial charge in [0, 0.05) is 11.8 Å². The average Bonchev–Trinajstić information content (AvgIpc) is 2.58. The van der Waals surface area contributed by atoms with E-state index in [0.717, 1.165) is 33.9 Å². The van der Waals surface area contributed by atoms with Crippen LogP contribution in [0.2, 0.25) is 5.02 Å². The van der Waals surface area contributed by atoms with Gasteiger partial charge in [0.15, 0.2) is 0 Å². The molecule has 0 radical (unpaired) electrons. The highest BCUT2D eigenvalue weighted by atomic mass is 35.5. The fourth-order valence-corrected chi connectivity index (χ4v) is 3.13. The van der Waals surface area contributed by atoms with Crippen LogP contribution in [0.25, 0.3) is 0 Å². The molecule has 2 aromatic carbocycles. The maximum atomic E-state index is 6.38. The monoisotopic (exact) mass is 368 g/mol. The molecule has 0 aliphatic heterocycles. The summed E-state index contributed by atoms with van der Waals surface area (Å²) in [6.07, 6.45) is 0. The summed E-state index contributed by atoms with van der Waals surface area (Å²) in [5.74, 6) is 1.90. The van der Waals surface area contributed by atoms with E-state index in [1.54, 1.807) is 7.11 Å². The van der Waals surface area contributed by atoms with Gasteiger partial charge in [0.1, 0.15) is 11.6 Å². The highest BCUT2D eigenvalue weighted by Crippen LogP contribution is 2.30. The summed E-state index contributed by atoms with van der Waals surface area (Å²) in [5.41, 5.74) is 4.64. The predicted octanol–water partition coefficient (Wildman–Crippen LogP) is 5.55. The number of hydrogen-bond acceptors (Lipinski definition) is 5. The molecule has 134 valence electrons. The third-order valence-electron chi connectivity index (χ3n) is 3.89. The highest BCUT2D eigenvalue weighted by Gasteiger charge is 2.10. The van der Waals surface area contributed by atoms with Gasteiger partial charge in [-0.05, 0) is 50.1 Å². The summed E-state index contributed by atoms with van der Waals surface area (Å²) >= 11 is 6.38. The van der Waals surface area contributed by atoms with Crippen LogP contribution in [0.3, 0.4) is 0 Å². The van der Waals surface area contributed by atoms with E-state index in [4.69, 9.17) is 16.3 Å². The SMILES string of the molecule is COc1ccccc1Nc1cc(C)nc(Nc2c(C)cc(C)cc2Cl)n1. The van der Waals surface area contributed by atoms with E-state index in [2.05, 4.69) is 26.7 Å². The van der Waals surface area contributed by atoms with Gasteiger partial charge in [0.05, 0.1) is 23.5 Å². The predicted molar refractivity (Wildman–Crippen MR) is 107 cm³/mol. The number of anilines is 4. The Morgan fingerprint density at radius 3 is 2.46 bits per heavy atom. The summed E-state index contributed by atoms with van der Waals surface area (Å²) in [6.45, 7) is 5.94. The van der Waals surface area contributed by atoms with Gasteiger partial charge in [0.2, 0.25) is 5.95 Å². The van der Waals surface area contributed by atoms with Crippen LogP contribution in [-0.2, 0) is 0 Å². The van der Waals surface area contributed by atoms with E-state index in [1.165, 1.54) is 0 Å².